The lowest BCUT2D eigenvalue weighted by atomic mass is 9.95. The minimum atomic E-state index is -0.411. The lowest BCUT2D eigenvalue weighted by Crippen LogP contribution is -2.34. The highest BCUT2D eigenvalue weighted by atomic mass is 16.6. The Morgan fingerprint density at radius 1 is 1.50 bits per heavy atom. The molecule has 1 fully saturated rings. The zero-order valence-electron chi connectivity index (χ0n) is 9.35. The van der Waals surface area contributed by atoms with E-state index in [9.17, 15) is 9.59 Å². The van der Waals surface area contributed by atoms with Crippen LogP contribution in [0.1, 0.15) is 26.2 Å². The highest BCUT2D eigenvalue weighted by Crippen LogP contribution is 2.16. The third kappa shape index (κ3) is 4.32. The second kappa shape index (κ2) is 6.01. The van der Waals surface area contributed by atoms with Crippen LogP contribution >= 0.6 is 0 Å². The fourth-order valence-corrected chi connectivity index (χ4v) is 1.49. The zero-order chi connectivity index (χ0) is 12.1. The molecule has 0 aromatic rings. The van der Waals surface area contributed by atoms with E-state index in [1.54, 1.807) is 0 Å². The van der Waals surface area contributed by atoms with Crippen LogP contribution in [0.5, 0.6) is 0 Å². The third-order valence-corrected chi connectivity index (χ3v) is 2.42. The van der Waals surface area contributed by atoms with Crippen molar-refractivity contribution in [2.75, 3.05) is 6.61 Å². The molecule has 16 heavy (non-hydrogen) atoms. The normalized spacial score (nSPS) is 29.0. The lowest BCUT2D eigenvalue weighted by molar-refractivity contribution is -0.148. The van der Waals surface area contributed by atoms with Crippen LogP contribution < -0.4 is 5.73 Å². The van der Waals surface area contributed by atoms with Gasteiger partial charge in [-0.15, -0.1) is 0 Å². The summed E-state index contributed by atoms with van der Waals surface area (Å²) in [6, 6.07) is -0.577. The first-order valence-corrected chi connectivity index (χ1v) is 5.30. The Hall–Kier alpha value is -0.875. The Labute approximate surface area is 96.1 Å². The summed E-state index contributed by atoms with van der Waals surface area (Å²) in [4.78, 5) is 21.8. The smallest absolute Gasteiger partial charge is 0.306 e. The van der Waals surface area contributed by atoms with Gasteiger partial charge in [0.2, 0.25) is 0 Å². The van der Waals surface area contributed by atoms with Crippen LogP contribution in [-0.4, -0.2) is 44.4 Å². The highest BCUT2D eigenvalue weighted by Gasteiger charge is 2.30. The van der Waals surface area contributed by atoms with Crippen molar-refractivity contribution in [3.63, 3.8) is 0 Å². The van der Waals surface area contributed by atoms with Gasteiger partial charge in [-0.2, -0.15) is 0 Å². The van der Waals surface area contributed by atoms with Crippen molar-refractivity contribution in [2.45, 2.75) is 44.3 Å². The number of hydrogen-bond acceptors (Lipinski definition) is 5. The van der Waals surface area contributed by atoms with Gasteiger partial charge in [-0.25, -0.2) is 0 Å². The predicted molar refractivity (Wildman–Crippen MR) is 57.9 cm³/mol. The molecule has 0 spiro atoms. The van der Waals surface area contributed by atoms with Crippen LogP contribution in [0.4, 0.5) is 0 Å². The summed E-state index contributed by atoms with van der Waals surface area (Å²) in [5.74, 6) is -0.445. The van der Waals surface area contributed by atoms with Gasteiger partial charge >= 0.3 is 5.97 Å². The molecule has 0 aromatic carbocycles. The molecule has 0 bridgehead atoms. The van der Waals surface area contributed by atoms with Crippen molar-refractivity contribution in [1.29, 1.82) is 0 Å². The molecule has 5 nitrogen and oxygen atoms in total. The largest absolute Gasteiger partial charge is 0.463 e. The maximum absolute atomic E-state index is 11.2. The summed E-state index contributed by atoms with van der Waals surface area (Å²) in [6.45, 7) is 1.54. The Kier molecular flexibility index (Phi) is 4.95. The van der Waals surface area contributed by atoms with Crippen molar-refractivity contribution in [3.05, 3.63) is 0 Å². The van der Waals surface area contributed by atoms with Crippen molar-refractivity contribution < 1.29 is 19.1 Å². The first-order valence-electron chi connectivity index (χ1n) is 5.30. The molecule has 0 amide bonds. The standard InChI is InChI=1S/C10H16BNO4/c1-6(13)2-3-10(14)15-5-8-7(12)4-9(11)16-8/h7-9H,2-5,12H2,1H3. The van der Waals surface area contributed by atoms with E-state index in [1.807, 2.05) is 0 Å². The molecular weight excluding hydrogens is 209 g/mol. The van der Waals surface area contributed by atoms with Crippen LogP contribution in [0.3, 0.4) is 0 Å². The molecule has 6 heteroatoms. The molecule has 2 N–H and O–H groups in total. The Bertz CT molecular complexity index is 272. The Balaban J connectivity index is 2.19. The van der Waals surface area contributed by atoms with Crippen LogP contribution in [-0.2, 0) is 19.1 Å². The average Bonchev–Trinajstić information content (AvgIpc) is 2.51. The molecular formula is C10H16BNO4. The van der Waals surface area contributed by atoms with E-state index < -0.39 is 5.97 Å². The first kappa shape index (κ1) is 13.2. The van der Waals surface area contributed by atoms with Crippen LogP contribution in [0.15, 0.2) is 0 Å². The number of ketones is 1. The van der Waals surface area contributed by atoms with Gasteiger partial charge in [0.15, 0.2) is 0 Å². The van der Waals surface area contributed by atoms with Crippen molar-refractivity contribution in [1.82, 2.24) is 0 Å². The maximum Gasteiger partial charge on any atom is 0.306 e. The highest BCUT2D eigenvalue weighted by molar-refractivity contribution is 6.11. The number of rotatable bonds is 5. The summed E-state index contributed by atoms with van der Waals surface area (Å²) >= 11 is 0. The zero-order valence-corrected chi connectivity index (χ0v) is 9.35. The summed E-state index contributed by atoms with van der Waals surface area (Å²) in [5.41, 5.74) is 5.73. The van der Waals surface area contributed by atoms with Gasteiger partial charge < -0.3 is 20.0 Å². The van der Waals surface area contributed by atoms with Gasteiger partial charge in [-0.1, -0.05) is 0 Å². The van der Waals surface area contributed by atoms with Gasteiger partial charge in [-0.05, 0) is 13.3 Å². The summed E-state index contributed by atoms with van der Waals surface area (Å²) in [5, 5.41) is 0. The van der Waals surface area contributed by atoms with E-state index >= 15 is 0 Å². The average molecular weight is 225 g/mol. The minimum absolute atomic E-state index is 0.0345. The van der Waals surface area contributed by atoms with Gasteiger partial charge in [-0.3, -0.25) is 4.79 Å². The molecule has 1 saturated heterocycles. The van der Waals surface area contributed by atoms with E-state index in [2.05, 4.69) is 0 Å². The molecule has 0 aliphatic carbocycles. The topological polar surface area (TPSA) is 78.6 Å². The summed E-state index contributed by atoms with van der Waals surface area (Å²) in [7, 11) is 5.53. The number of ether oxygens (including phenoxy) is 2. The van der Waals surface area contributed by atoms with Crippen LogP contribution in [0.25, 0.3) is 0 Å². The quantitative estimate of drug-likeness (QED) is 0.504. The Morgan fingerprint density at radius 2 is 2.19 bits per heavy atom. The van der Waals surface area contributed by atoms with E-state index in [0.29, 0.717) is 6.42 Å². The van der Waals surface area contributed by atoms with E-state index in [-0.39, 0.29) is 43.4 Å². The predicted octanol–water partition coefficient (Wildman–Crippen LogP) is -0.490. The molecule has 1 rings (SSSR count). The Morgan fingerprint density at radius 3 is 2.69 bits per heavy atom. The SMILES string of the molecule is [B]C1CC(N)C(COC(=O)CCC(C)=O)O1. The van der Waals surface area contributed by atoms with Gasteiger partial charge in [0, 0.05) is 18.5 Å². The fraction of sp³-hybridized carbons (Fsp3) is 0.800. The monoisotopic (exact) mass is 225 g/mol. The van der Waals surface area contributed by atoms with Gasteiger partial charge in [0.1, 0.15) is 26.3 Å². The number of esters is 1. The fourth-order valence-electron chi connectivity index (χ4n) is 1.49. The number of nitrogens with two attached hydrogens (primary N) is 1. The molecule has 1 aliphatic rings. The molecule has 1 heterocycles. The number of carbonyl (C=O) groups excluding carboxylic acids is 2. The second-order valence-electron chi connectivity index (χ2n) is 4.00. The molecule has 3 unspecified atom stereocenters. The van der Waals surface area contributed by atoms with Crippen molar-refractivity contribution in [2.24, 2.45) is 5.73 Å². The number of Topliss-reactive ketones (excluding diaryl/α,β-unsaturated/α-hetero) is 1. The molecule has 88 valence electrons. The second-order valence-corrected chi connectivity index (χ2v) is 4.00. The third-order valence-electron chi connectivity index (χ3n) is 2.42. The van der Waals surface area contributed by atoms with Crippen LogP contribution in [0, 0.1) is 0 Å². The number of hydrogen-bond donors (Lipinski definition) is 1. The van der Waals surface area contributed by atoms with Crippen molar-refractivity contribution >= 4 is 19.6 Å². The molecule has 2 radical (unpaired) electrons. The van der Waals surface area contributed by atoms with Gasteiger partial charge in [0.25, 0.3) is 0 Å². The van der Waals surface area contributed by atoms with Crippen LogP contribution in [0.2, 0.25) is 0 Å². The first-order chi connectivity index (χ1) is 7.49. The van der Waals surface area contributed by atoms with E-state index in [1.165, 1.54) is 6.92 Å². The molecule has 0 saturated carbocycles. The number of carbonyl (C=O) groups is 2. The molecule has 3 atom stereocenters. The minimum Gasteiger partial charge on any atom is -0.463 e. The lowest BCUT2D eigenvalue weighted by Gasteiger charge is -2.14. The molecule has 1 aliphatic heterocycles. The summed E-state index contributed by atoms with van der Waals surface area (Å²) in [6.07, 6.45) is 0.533. The van der Waals surface area contributed by atoms with Crippen molar-refractivity contribution in [3.8, 4) is 0 Å². The van der Waals surface area contributed by atoms with Gasteiger partial charge in [0.05, 0.1) is 6.42 Å². The summed E-state index contributed by atoms with van der Waals surface area (Å²) < 4.78 is 10.2. The van der Waals surface area contributed by atoms with E-state index in [0.717, 1.165) is 0 Å². The van der Waals surface area contributed by atoms with E-state index in [4.69, 9.17) is 23.1 Å². The molecule has 0 aromatic heterocycles. The maximum atomic E-state index is 11.2.